The number of hydrogen-bond acceptors (Lipinski definition) is 1. The Morgan fingerprint density at radius 3 is 2.94 bits per heavy atom. The second-order valence-corrected chi connectivity index (χ2v) is 5.48. The maximum absolute atomic E-state index is 5.32. The number of hydrogen-bond donors (Lipinski definition) is 0. The normalized spacial score (nSPS) is 31.2. The summed E-state index contributed by atoms with van der Waals surface area (Å²) in [4.78, 5) is 0. The van der Waals surface area contributed by atoms with Gasteiger partial charge in [0.25, 0.3) is 0 Å². The van der Waals surface area contributed by atoms with Gasteiger partial charge < -0.3 is 4.74 Å². The average molecular weight is 228 g/mol. The highest BCUT2D eigenvalue weighted by Gasteiger charge is 2.34. The molecule has 0 amide bonds. The van der Waals surface area contributed by atoms with Crippen LogP contribution in [0.2, 0.25) is 0 Å². The molecule has 2 bridgehead atoms. The van der Waals surface area contributed by atoms with E-state index in [2.05, 4.69) is 31.2 Å². The SMILES string of the molecule is COc1cccc(C2=CC3CCC(C3)C2C)c1. The third kappa shape index (κ3) is 1.88. The molecule has 3 unspecified atom stereocenters. The molecule has 0 N–H and O–H groups in total. The average Bonchev–Trinajstić information content (AvgIpc) is 2.78. The largest absolute Gasteiger partial charge is 0.497 e. The Kier molecular flexibility index (Phi) is 2.70. The van der Waals surface area contributed by atoms with Gasteiger partial charge in [-0.1, -0.05) is 25.1 Å². The molecule has 0 radical (unpaired) electrons. The minimum atomic E-state index is 0.709. The summed E-state index contributed by atoms with van der Waals surface area (Å²) in [5.74, 6) is 3.41. The Hall–Kier alpha value is -1.24. The zero-order chi connectivity index (χ0) is 11.8. The van der Waals surface area contributed by atoms with Crippen LogP contribution in [0, 0.1) is 17.8 Å². The zero-order valence-electron chi connectivity index (χ0n) is 10.6. The van der Waals surface area contributed by atoms with Gasteiger partial charge >= 0.3 is 0 Å². The van der Waals surface area contributed by atoms with Crippen LogP contribution < -0.4 is 4.74 Å². The summed E-state index contributed by atoms with van der Waals surface area (Å²) < 4.78 is 5.32. The molecular formula is C16H20O. The monoisotopic (exact) mass is 228 g/mol. The van der Waals surface area contributed by atoms with Gasteiger partial charge in [-0.2, -0.15) is 0 Å². The molecule has 0 spiro atoms. The molecular weight excluding hydrogens is 208 g/mol. The number of benzene rings is 1. The zero-order valence-corrected chi connectivity index (χ0v) is 10.6. The van der Waals surface area contributed by atoms with E-state index in [4.69, 9.17) is 4.74 Å². The van der Waals surface area contributed by atoms with Crippen molar-refractivity contribution in [2.75, 3.05) is 7.11 Å². The Morgan fingerprint density at radius 1 is 1.24 bits per heavy atom. The summed E-state index contributed by atoms with van der Waals surface area (Å²) in [7, 11) is 1.74. The van der Waals surface area contributed by atoms with Crippen LogP contribution in [0.4, 0.5) is 0 Å². The fraction of sp³-hybridized carbons (Fsp3) is 0.500. The van der Waals surface area contributed by atoms with Crippen LogP contribution in [-0.4, -0.2) is 7.11 Å². The van der Waals surface area contributed by atoms with Gasteiger partial charge in [0.2, 0.25) is 0 Å². The minimum absolute atomic E-state index is 0.709. The van der Waals surface area contributed by atoms with Crippen molar-refractivity contribution in [1.29, 1.82) is 0 Å². The van der Waals surface area contributed by atoms with Crippen LogP contribution in [0.3, 0.4) is 0 Å². The predicted molar refractivity (Wildman–Crippen MR) is 71.0 cm³/mol. The number of allylic oxidation sites excluding steroid dienone is 2. The molecule has 90 valence electrons. The summed E-state index contributed by atoms with van der Waals surface area (Å²) in [6.07, 6.45) is 6.73. The van der Waals surface area contributed by atoms with Gasteiger partial charge in [0.05, 0.1) is 7.11 Å². The molecule has 3 atom stereocenters. The van der Waals surface area contributed by atoms with Gasteiger partial charge in [0.15, 0.2) is 0 Å². The third-order valence-corrected chi connectivity index (χ3v) is 4.53. The molecule has 1 nitrogen and oxygen atoms in total. The first kappa shape index (κ1) is 10.9. The lowest BCUT2D eigenvalue weighted by molar-refractivity contribution is 0.412. The standard InChI is InChI=1S/C16H20O/c1-11-13-7-6-12(8-13)9-16(11)14-4-3-5-15(10-14)17-2/h3-5,9-13H,6-8H2,1-2H3. The van der Waals surface area contributed by atoms with Crippen molar-refractivity contribution in [3.05, 3.63) is 35.9 Å². The van der Waals surface area contributed by atoms with E-state index in [0.717, 1.165) is 17.6 Å². The van der Waals surface area contributed by atoms with Gasteiger partial charge in [0, 0.05) is 0 Å². The van der Waals surface area contributed by atoms with Crippen LogP contribution in [0.25, 0.3) is 5.57 Å². The molecule has 1 saturated carbocycles. The molecule has 0 aliphatic heterocycles. The molecule has 2 aliphatic rings. The maximum atomic E-state index is 5.32. The van der Waals surface area contributed by atoms with Crippen LogP contribution in [-0.2, 0) is 0 Å². The molecule has 17 heavy (non-hydrogen) atoms. The molecule has 1 aromatic rings. The molecule has 0 saturated heterocycles. The second-order valence-electron chi connectivity index (χ2n) is 5.48. The summed E-state index contributed by atoms with van der Waals surface area (Å²) in [6, 6.07) is 8.51. The lowest BCUT2D eigenvalue weighted by atomic mass is 9.78. The Bertz CT molecular complexity index is 447. The van der Waals surface area contributed by atoms with Crippen LogP contribution >= 0.6 is 0 Å². The quantitative estimate of drug-likeness (QED) is 0.739. The van der Waals surface area contributed by atoms with Crippen LogP contribution in [0.15, 0.2) is 30.3 Å². The molecule has 0 aromatic heterocycles. The minimum Gasteiger partial charge on any atom is -0.497 e. The molecule has 1 heteroatoms. The molecule has 1 aromatic carbocycles. The van der Waals surface area contributed by atoms with E-state index >= 15 is 0 Å². The van der Waals surface area contributed by atoms with Crippen molar-refractivity contribution >= 4 is 5.57 Å². The van der Waals surface area contributed by atoms with E-state index in [9.17, 15) is 0 Å². The van der Waals surface area contributed by atoms with E-state index in [0.29, 0.717) is 5.92 Å². The van der Waals surface area contributed by atoms with Gasteiger partial charge in [-0.3, -0.25) is 0 Å². The van der Waals surface area contributed by atoms with Crippen LogP contribution in [0.5, 0.6) is 5.75 Å². The lowest BCUT2D eigenvalue weighted by Gasteiger charge is -2.27. The fourth-order valence-corrected chi connectivity index (χ4v) is 3.48. The summed E-state index contributed by atoms with van der Waals surface area (Å²) in [5, 5.41) is 0. The molecule has 0 heterocycles. The first-order valence-electron chi connectivity index (χ1n) is 6.64. The van der Waals surface area contributed by atoms with Gasteiger partial charge in [-0.15, -0.1) is 0 Å². The van der Waals surface area contributed by atoms with Crippen molar-refractivity contribution in [3.8, 4) is 5.75 Å². The Labute approximate surface area is 103 Å². The van der Waals surface area contributed by atoms with Gasteiger partial charge in [0.1, 0.15) is 5.75 Å². The summed E-state index contributed by atoms with van der Waals surface area (Å²) in [5.41, 5.74) is 2.90. The first-order valence-corrected chi connectivity index (χ1v) is 6.64. The first-order chi connectivity index (χ1) is 8.28. The molecule has 2 aliphatic carbocycles. The number of fused-ring (bicyclic) bond motifs is 2. The van der Waals surface area contributed by atoms with Crippen LogP contribution in [0.1, 0.15) is 31.7 Å². The topological polar surface area (TPSA) is 9.23 Å². The lowest BCUT2D eigenvalue weighted by Crippen LogP contribution is -2.15. The summed E-state index contributed by atoms with van der Waals surface area (Å²) >= 11 is 0. The van der Waals surface area contributed by atoms with E-state index in [-0.39, 0.29) is 0 Å². The van der Waals surface area contributed by atoms with Crippen molar-refractivity contribution in [1.82, 2.24) is 0 Å². The summed E-state index contributed by atoms with van der Waals surface area (Å²) in [6.45, 7) is 2.39. The smallest absolute Gasteiger partial charge is 0.119 e. The van der Waals surface area contributed by atoms with Crippen molar-refractivity contribution < 1.29 is 4.74 Å². The number of ether oxygens (including phenoxy) is 1. The van der Waals surface area contributed by atoms with E-state index in [1.54, 1.807) is 12.7 Å². The van der Waals surface area contributed by atoms with Gasteiger partial charge in [-0.25, -0.2) is 0 Å². The molecule has 1 fully saturated rings. The van der Waals surface area contributed by atoms with E-state index in [1.165, 1.54) is 24.8 Å². The van der Waals surface area contributed by atoms with E-state index < -0.39 is 0 Å². The number of rotatable bonds is 2. The number of methoxy groups -OCH3 is 1. The maximum Gasteiger partial charge on any atom is 0.119 e. The fourth-order valence-electron chi connectivity index (χ4n) is 3.48. The van der Waals surface area contributed by atoms with Crippen molar-refractivity contribution in [2.45, 2.75) is 26.2 Å². The van der Waals surface area contributed by atoms with Gasteiger partial charge in [-0.05, 0) is 60.3 Å². The highest BCUT2D eigenvalue weighted by atomic mass is 16.5. The van der Waals surface area contributed by atoms with Crippen molar-refractivity contribution in [2.24, 2.45) is 17.8 Å². The second kappa shape index (κ2) is 4.21. The Balaban J connectivity index is 1.97. The highest BCUT2D eigenvalue weighted by Crippen LogP contribution is 2.47. The molecule has 3 rings (SSSR count). The predicted octanol–water partition coefficient (Wildman–Crippen LogP) is 4.14. The Morgan fingerprint density at radius 2 is 2.12 bits per heavy atom. The van der Waals surface area contributed by atoms with E-state index in [1.807, 2.05) is 6.07 Å². The van der Waals surface area contributed by atoms with Crippen molar-refractivity contribution in [3.63, 3.8) is 0 Å². The third-order valence-electron chi connectivity index (χ3n) is 4.53. The highest BCUT2D eigenvalue weighted by molar-refractivity contribution is 5.69.